The van der Waals surface area contributed by atoms with Crippen molar-refractivity contribution in [2.24, 2.45) is 0 Å². The molecule has 4 aromatic rings. The van der Waals surface area contributed by atoms with Crippen molar-refractivity contribution in [3.63, 3.8) is 0 Å². The molecule has 2 aromatic carbocycles. The first-order valence-electron chi connectivity index (χ1n) is 9.69. The van der Waals surface area contributed by atoms with Crippen LogP contribution in [0.3, 0.4) is 0 Å². The molecule has 0 atom stereocenters. The van der Waals surface area contributed by atoms with Crippen molar-refractivity contribution in [3.8, 4) is 11.5 Å². The van der Waals surface area contributed by atoms with Crippen LogP contribution >= 0.6 is 0 Å². The van der Waals surface area contributed by atoms with Crippen LogP contribution in [-0.2, 0) is 6.61 Å². The Bertz CT molecular complexity index is 1280. The van der Waals surface area contributed by atoms with Crippen molar-refractivity contribution < 1.29 is 14.3 Å². The number of rotatable bonds is 6. The first kappa shape index (κ1) is 20.2. The van der Waals surface area contributed by atoms with Crippen molar-refractivity contribution in [3.05, 3.63) is 100 Å². The fourth-order valence-corrected chi connectivity index (χ4v) is 3.07. The molecule has 0 aliphatic heterocycles. The van der Waals surface area contributed by atoms with E-state index >= 15 is 0 Å². The predicted molar refractivity (Wildman–Crippen MR) is 118 cm³/mol. The van der Waals surface area contributed by atoms with Gasteiger partial charge in [0.05, 0.1) is 12.8 Å². The third-order valence-corrected chi connectivity index (χ3v) is 4.73. The molecule has 2 aromatic heterocycles. The quantitative estimate of drug-likeness (QED) is 0.517. The second-order valence-corrected chi connectivity index (χ2v) is 7.01. The number of aryl methyl sites for hydroxylation is 1. The Morgan fingerprint density at radius 3 is 2.42 bits per heavy atom. The van der Waals surface area contributed by atoms with E-state index < -0.39 is 0 Å². The normalized spacial score (nSPS) is 10.6. The highest BCUT2D eigenvalue weighted by molar-refractivity contribution is 6.04. The Morgan fingerprint density at radius 1 is 1.00 bits per heavy atom. The summed E-state index contributed by atoms with van der Waals surface area (Å²) in [6.45, 7) is 2.11. The van der Waals surface area contributed by atoms with Crippen molar-refractivity contribution in [1.29, 1.82) is 0 Å². The van der Waals surface area contributed by atoms with E-state index in [1.807, 2.05) is 19.1 Å². The van der Waals surface area contributed by atoms with Gasteiger partial charge >= 0.3 is 0 Å². The van der Waals surface area contributed by atoms with Crippen molar-refractivity contribution >= 4 is 17.2 Å². The smallest absolute Gasteiger partial charge is 0.258 e. The number of nitrogens with zero attached hydrogens (tertiary/aromatic N) is 2. The lowest BCUT2D eigenvalue weighted by atomic mass is 10.2. The largest absolute Gasteiger partial charge is 0.497 e. The number of methoxy groups -OCH3 is 1. The summed E-state index contributed by atoms with van der Waals surface area (Å²) in [5.41, 5.74) is 3.18. The summed E-state index contributed by atoms with van der Waals surface area (Å²) in [5, 5.41) is 2.84. The lowest BCUT2D eigenvalue weighted by Gasteiger charge is -2.09. The molecule has 7 nitrogen and oxygen atoms in total. The molecule has 0 saturated heterocycles. The van der Waals surface area contributed by atoms with Crippen LogP contribution in [0.15, 0.2) is 77.7 Å². The van der Waals surface area contributed by atoms with Crippen LogP contribution in [0.2, 0.25) is 0 Å². The van der Waals surface area contributed by atoms with E-state index in [4.69, 9.17) is 9.47 Å². The lowest BCUT2D eigenvalue weighted by molar-refractivity contribution is 0.102. The van der Waals surface area contributed by atoms with Crippen LogP contribution < -0.4 is 20.3 Å². The van der Waals surface area contributed by atoms with Gasteiger partial charge in [0.2, 0.25) is 0 Å². The summed E-state index contributed by atoms with van der Waals surface area (Å²) >= 11 is 0. The Kier molecular flexibility index (Phi) is 5.66. The number of aromatic nitrogens is 2. The highest BCUT2D eigenvalue weighted by Crippen LogP contribution is 2.18. The lowest BCUT2D eigenvalue weighted by Crippen LogP contribution is -2.16. The van der Waals surface area contributed by atoms with E-state index in [0.29, 0.717) is 34.1 Å². The number of carbonyl (C=O) groups excluding carboxylic acids is 1. The molecule has 0 spiro atoms. The summed E-state index contributed by atoms with van der Waals surface area (Å²) in [6, 6.07) is 19.1. The number of ether oxygens (including phenoxy) is 2. The molecule has 0 aliphatic rings. The Hall–Kier alpha value is -4.13. The van der Waals surface area contributed by atoms with Gasteiger partial charge in [0, 0.05) is 23.5 Å². The van der Waals surface area contributed by atoms with Crippen molar-refractivity contribution in [2.75, 3.05) is 12.4 Å². The monoisotopic (exact) mass is 415 g/mol. The third-order valence-electron chi connectivity index (χ3n) is 4.73. The topological polar surface area (TPSA) is 81.9 Å². The van der Waals surface area contributed by atoms with E-state index in [-0.39, 0.29) is 18.1 Å². The van der Waals surface area contributed by atoms with Gasteiger partial charge in [0.25, 0.3) is 11.5 Å². The first-order chi connectivity index (χ1) is 15.0. The van der Waals surface area contributed by atoms with E-state index in [2.05, 4.69) is 10.3 Å². The van der Waals surface area contributed by atoms with Crippen LogP contribution in [0, 0.1) is 6.92 Å². The van der Waals surface area contributed by atoms with Gasteiger partial charge < -0.3 is 14.8 Å². The molecule has 0 saturated carbocycles. The molecule has 0 unspecified atom stereocenters. The summed E-state index contributed by atoms with van der Waals surface area (Å²) in [4.78, 5) is 29.1. The van der Waals surface area contributed by atoms with E-state index in [0.717, 1.165) is 5.56 Å². The highest BCUT2D eigenvalue weighted by atomic mass is 16.5. The van der Waals surface area contributed by atoms with Gasteiger partial charge in [0.1, 0.15) is 23.8 Å². The van der Waals surface area contributed by atoms with Gasteiger partial charge in [-0.2, -0.15) is 0 Å². The second-order valence-electron chi connectivity index (χ2n) is 7.01. The van der Waals surface area contributed by atoms with E-state index in [9.17, 15) is 9.59 Å². The molecule has 7 heteroatoms. The number of carbonyl (C=O) groups is 1. The molecular weight excluding hydrogens is 394 g/mol. The molecule has 0 aliphatic carbocycles. The maximum atomic E-state index is 12.3. The van der Waals surface area contributed by atoms with Gasteiger partial charge in [-0.05, 0) is 73.2 Å². The molecule has 156 valence electrons. The van der Waals surface area contributed by atoms with Crippen molar-refractivity contribution in [1.82, 2.24) is 9.38 Å². The molecule has 0 fully saturated rings. The van der Waals surface area contributed by atoms with Crippen molar-refractivity contribution in [2.45, 2.75) is 13.5 Å². The number of pyridine rings is 1. The Labute approximate surface area is 178 Å². The minimum absolute atomic E-state index is 0.153. The fourth-order valence-electron chi connectivity index (χ4n) is 3.07. The van der Waals surface area contributed by atoms with Crippen LogP contribution in [0.1, 0.15) is 21.6 Å². The molecule has 31 heavy (non-hydrogen) atoms. The van der Waals surface area contributed by atoms with E-state index in [1.54, 1.807) is 61.8 Å². The van der Waals surface area contributed by atoms with Gasteiger partial charge in [-0.3, -0.25) is 14.0 Å². The maximum absolute atomic E-state index is 12.3. The summed E-state index contributed by atoms with van der Waals surface area (Å²) in [7, 11) is 1.58. The average Bonchev–Trinajstić information content (AvgIpc) is 2.78. The third kappa shape index (κ3) is 4.72. The zero-order valence-corrected chi connectivity index (χ0v) is 17.2. The number of anilines is 1. The first-order valence-corrected chi connectivity index (χ1v) is 9.69. The number of amides is 1. The number of nitrogens with one attached hydrogen (secondary N) is 1. The molecule has 1 amide bonds. The zero-order chi connectivity index (χ0) is 21.8. The molecular formula is C24H21N3O4. The Balaban J connectivity index is 1.40. The van der Waals surface area contributed by atoms with E-state index in [1.165, 1.54) is 10.5 Å². The predicted octanol–water partition coefficient (Wildman–Crippen LogP) is 3.84. The minimum Gasteiger partial charge on any atom is -0.497 e. The second kappa shape index (κ2) is 8.71. The van der Waals surface area contributed by atoms with Gasteiger partial charge in [-0.25, -0.2) is 4.98 Å². The molecule has 4 rings (SSSR count). The molecule has 2 heterocycles. The Morgan fingerprint density at radius 2 is 1.71 bits per heavy atom. The SMILES string of the molecule is COc1ccc(C(=O)Nc2ccc(OCc3cc(=O)n4ccc(C)cc4n3)cc2)cc1. The highest BCUT2D eigenvalue weighted by Gasteiger charge is 2.07. The number of hydrogen-bond donors (Lipinski definition) is 1. The number of fused-ring (bicyclic) bond motifs is 1. The fraction of sp³-hybridized carbons (Fsp3) is 0.125. The van der Waals surface area contributed by atoms with Gasteiger partial charge in [0.15, 0.2) is 0 Å². The average molecular weight is 415 g/mol. The number of benzene rings is 2. The van der Waals surface area contributed by atoms with Crippen LogP contribution in [-0.4, -0.2) is 22.4 Å². The van der Waals surface area contributed by atoms with Gasteiger partial charge in [-0.15, -0.1) is 0 Å². The standard InChI is InChI=1S/C24H21N3O4/c1-16-11-12-27-22(13-16)25-19(14-23(27)28)15-31-21-9-5-18(6-10-21)26-24(29)17-3-7-20(30-2)8-4-17/h3-14H,15H2,1-2H3,(H,26,29). The van der Waals surface area contributed by atoms with Crippen LogP contribution in [0.25, 0.3) is 5.65 Å². The zero-order valence-electron chi connectivity index (χ0n) is 17.2. The molecule has 0 bridgehead atoms. The summed E-state index contributed by atoms with van der Waals surface area (Å²) < 4.78 is 12.4. The minimum atomic E-state index is -0.215. The summed E-state index contributed by atoms with van der Waals surface area (Å²) in [6.07, 6.45) is 1.71. The molecule has 0 radical (unpaired) electrons. The molecule has 1 N–H and O–H groups in total. The summed E-state index contributed by atoms with van der Waals surface area (Å²) in [5.74, 6) is 1.08. The van der Waals surface area contributed by atoms with Crippen LogP contribution in [0.5, 0.6) is 11.5 Å². The van der Waals surface area contributed by atoms with Gasteiger partial charge in [-0.1, -0.05) is 0 Å². The maximum Gasteiger partial charge on any atom is 0.258 e. The van der Waals surface area contributed by atoms with Crippen LogP contribution in [0.4, 0.5) is 5.69 Å². The number of hydrogen-bond acceptors (Lipinski definition) is 5.